The fraction of sp³-hybridized carbons (Fsp3) is 0.667. The van der Waals surface area contributed by atoms with Crippen LogP contribution < -0.4 is 0 Å². The molecular formula is C15H22O2. The molecule has 0 unspecified atom stereocenters. The van der Waals surface area contributed by atoms with Gasteiger partial charge < -0.3 is 5.11 Å². The summed E-state index contributed by atoms with van der Waals surface area (Å²) in [5, 5.41) is 9.53. The van der Waals surface area contributed by atoms with Crippen molar-refractivity contribution in [1.82, 2.24) is 0 Å². The molecule has 2 heteroatoms. The molecule has 2 aliphatic carbocycles. The average molecular weight is 234 g/mol. The van der Waals surface area contributed by atoms with E-state index in [1.807, 2.05) is 0 Å². The summed E-state index contributed by atoms with van der Waals surface area (Å²) in [5.41, 5.74) is 2.26. The van der Waals surface area contributed by atoms with Gasteiger partial charge in [0.2, 0.25) is 0 Å². The van der Waals surface area contributed by atoms with Crippen LogP contribution in [0.4, 0.5) is 0 Å². The monoisotopic (exact) mass is 234 g/mol. The minimum absolute atomic E-state index is 0.0268. The van der Waals surface area contributed by atoms with Crippen molar-refractivity contribution in [2.75, 3.05) is 6.61 Å². The van der Waals surface area contributed by atoms with E-state index in [1.165, 1.54) is 5.57 Å². The highest BCUT2D eigenvalue weighted by Gasteiger charge is 2.47. The second-order valence-electron chi connectivity index (χ2n) is 5.84. The number of ketones is 1. The lowest BCUT2D eigenvalue weighted by Gasteiger charge is -2.40. The predicted molar refractivity (Wildman–Crippen MR) is 68.5 cm³/mol. The van der Waals surface area contributed by atoms with Gasteiger partial charge in [0.1, 0.15) is 0 Å². The van der Waals surface area contributed by atoms with Crippen LogP contribution in [0.15, 0.2) is 23.8 Å². The minimum atomic E-state index is 0.0268. The van der Waals surface area contributed by atoms with Crippen LogP contribution >= 0.6 is 0 Å². The molecule has 1 spiro atoms. The van der Waals surface area contributed by atoms with Crippen molar-refractivity contribution < 1.29 is 9.90 Å². The van der Waals surface area contributed by atoms with E-state index in [0.717, 1.165) is 24.8 Å². The summed E-state index contributed by atoms with van der Waals surface area (Å²) in [5.74, 6) is 1.08. The molecule has 94 valence electrons. The lowest BCUT2D eigenvalue weighted by Crippen LogP contribution is -2.35. The first kappa shape index (κ1) is 12.6. The molecule has 0 saturated heterocycles. The Balaban J connectivity index is 2.32. The van der Waals surface area contributed by atoms with Crippen molar-refractivity contribution in [3.05, 3.63) is 23.8 Å². The minimum Gasteiger partial charge on any atom is -0.392 e. The van der Waals surface area contributed by atoms with E-state index in [1.54, 1.807) is 6.08 Å². The van der Waals surface area contributed by atoms with Crippen molar-refractivity contribution in [3.63, 3.8) is 0 Å². The van der Waals surface area contributed by atoms with Crippen LogP contribution in [0.5, 0.6) is 0 Å². The molecule has 1 fully saturated rings. The number of aliphatic hydroxyl groups is 1. The van der Waals surface area contributed by atoms with Crippen molar-refractivity contribution >= 4 is 5.78 Å². The van der Waals surface area contributed by atoms with Gasteiger partial charge in [0.05, 0.1) is 6.61 Å². The molecule has 0 bridgehead atoms. The van der Waals surface area contributed by atoms with E-state index in [9.17, 15) is 9.90 Å². The quantitative estimate of drug-likeness (QED) is 0.746. The second kappa shape index (κ2) is 4.41. The molecule has 0 aromatic rings. The van der Waals surface area contributed by atoms with Gasteiger partial charge >= 0.3 is 0 Å². The van der Waals surface area contributed by atoms with Gasteiger partial charge in [0.15, 0.2) is 5.78 Å². The molecular weight excluding hydrogens is 212 g/mol. The third-order valence-corrected chi connectivity index (χ3v) is 4.84. The maximum absolute atomic E-state index is 11.6. The second-order valence-corrected chi connectivity index (χ2v) is 5.84. The first-order chi connectivity index (χ1) is 7.99. The number of hydrogen-bond donors (Lipinski definition) is 1. The molecule has 2 aliphatic rings. The molecule has 3 atom stereocenters. The zero-order valence-electron chi connectivity index (χ0n) is 10.8. The van der Waals surface area contributed by atoms with E-state index < -0.39 is 0 Å². The van der Waals surface area contributed by atoms with Crippen LogP contribution in [0.3, 0.4) is 0 Å². The highest BCUT2D eigenvalue weighted by molar-refractivity contribution is 5.92. The van der Waals surface area contributed by atoms with E-state index in [4.69, 9.17) is 0 Å². The highest BCUT2D eigenvalue weighted by Crippen LogP contribution is 2.55. The normalized spacial score (nSPS) is 37.4. The first-order valence-corrected chi connectivity index (χ1v) is 6.49. The topological polar surface area (TPSA) is 37.3 Å². The van der Waals surface area contributed by atoms with E-state index >= 15 is 0 Å². The van der Waals surface area contributed by atoms with E-state index in [0.29, 0.717) is 18.3 Å². The number of hydrogen-bond acceptors (Lipinski definition) is 2. The van der Waals surface area contributed by atoms with Gasteiger partial charge in [0.25, 0.3) is 0 Å². The standard InChI is InChI=1S/C15H22O2/c1-10(2)12-4-5-15(8-12)11(3)6-14(17)7-13(15)9-16/h7,11-12,16H,1,4-6,8-9H2,2-3H3/t11-,12-,15+/m1/s1. The van der Waals surface area contributed by atoms with Gasteiger partial charge in [-0.25, -0.2) is 0 Å². The average Bonchev–Trinajstić information content (AvgIpc) is 2.70. The molecule has 2 nitrogen and oxygen atoms in total. The molecule has 0 aromatic heterocycles. The summed E-state index contributed by atoms with van der Waals surface area (Å²) in [6, 6.07) is 0. The molecule has 0 heterocycles. The third kappa shape index (κ3) is 1.99. The molecule has 0 aromatic carbocycles. The Morgan fingerprint density at radius 3 is 2.88 bits per heavy atom. The Bertz CT molecular complexity index is 380. The first-order valence-electron chi connectivity index (χ1n) is 6.49. The summed E-state index contributed by atoms with van der Waals surface area (Å²) in [6.45, 7) is 8.33. The molecule has 1 N–H and O–H groups in total. The Hall–Kier alpha value is -0.890. The molecule has 1 saturated carbocycles. The number of carbonyl (C=O) groups is 1. The van der Waals surface area contributed by atoms with Crippen LogP contribution in [0, 0.1) is 17.3 Å². The fourth-order valence-corrected chi connectivity index (χ4v) is 3.65. The van der Waals surface area contributed by atoms with Gasteiger partial charge in [0, 0.05) is 6.42 Å². The summed E-state index contributed by atoms with van der Waals surface area (Å²) in [7, 11) is 0. The zero-order valence-corrected chi connectivity index (χ0v) is 10.8. The number of carbonyl (C=O) groups excluding carboxylic acids is 1. The van der Waals surface area contributed by atoms with Crippen LogP contribution in [-0.4, -0.2) is 17.5 Å². The fourth-order valence-electron chi connectivity index (χ4n) is 3.65. The Morgan fingerprint density at radius 1 is 1.65 bits per heavy atom. The molecule has 0 aliphatic heterocycles. The zero-order chi connectivity index (χ0) is 12.6. The lowest BCUT2D eigenvalue weighted by molar-refractivity contribution is -0.117. The summed E-state index contributed by atoms with van der Waals surface area (Å²) >= 11 is 0. The summed E-state index contributed by atoms with van der Waals surface area (Å²) < 4.78 is 0. The Morgan fingerprint density at radius 2 is 2.35 bits per heavy atom. The van der Waals surface area contributed by atoms with Crippen molar-refractivity contribution in [2.24, 2.45) is 17.3 Å². The highest BCUT2D eigenvalue weighted by atomic mass is 16.3. The Kier molecular flexibility index (Phi) is 3.26. The smallest absolute Gasteiger partial charge is 0.156 e. The van der Waals surface area contributed by atoms with E-state index in [-0.39, 0.29) is 17.8 Å². The number of rotatable bonds is 2. The number of aliphatic hydroxyl groups excluding tert-OH is 1. The largest absolute Gasteiger partial charge is 0.392 e. The van der Waals surface area contributed by atoms with E-state index in [2.05, 4.69) is 20.4 Å². The van der Waals surface area contributed by atoms with Crippen molar-refractivity contribution in [2.45, 2.75) is 39.5 Å². The van der Waals surface area contributed by atoms with Gasteiger partial charge in [-0.2, -0.15) is 0 Å². The molecule has 2 rings (SSSR count). The van der Waals surface area contributed by atoms with Crippen LogP contribution in [0.1, 0.15) is 39.5 Å². The molecule has 0 amide bonds. The maximum atomic E-state index is 11.6. The maximum Gasteiger partial charge on any atom is 0.156 e. The summed E-state index contributed by atoms with van der Waals surface area (Å²) in [4.78, 5) is 11.6. The van der Waals surface area contributed by atoms with Crippen LogP contribution in [0.25, 0.3) is 0 Å². The van der Waals surface area contributed by atoms with Gasteiger partial charge in [-0.15, -0.1) is 0 Å². The van der Waals surface area contributed by atoms with Crippen LogP contribution in [-0.2, 0) is 4.79 Å². The van der Waals surface area contributed by atoms with Gasteiger partial charge in [-0.05, 0) is 55.1 Å². The lowest BCUT2D eigenvalue weighted by atomic mass is 9.64. The van der Waals surface area contributed by atoms with Crippen LogP contribution in [0.2, 0.25) is 0 Å². The van der Waals surface area contributed by atoms with Crippen molar-refractivity contribution in [3.8, 4) is 0 Å². The third-order valence-electron chi connectivity index (χ3n) is 4.84. The molecule has 0 radical (unpaired) electrons. The number of allylic oxidation sites excluding steroid dienone is 2. The van der Waals surface area contributed by atoms with Gasteiger partial charge in [-0.1, -0.05) is 19.1 Å². The van der Waals surface area contributed by atoms with Crippen molar-refractivity contribution in [1.29, 1.82) is 0 Å². The summed E-state index contributed by atoms with van der Waals surface area (Å²) in [6.07, 6.45) is 5.62. The SMILES string of the molecule is C=C(C)[C@@H]1CC[C@@]2(C1)C(CO)=CC(=O)C[C@H]2C. The predicted octanol–water partition coefficient (Wildman–Crippen LogP) is 2.88. The molecule has 17 heavy (non-hydrogen) atoms. The van der Waals surface area contributed by atoms with Gasteiger partial charge in [-0.3, -0.25) is 4.79 Å². The Labute approximate surface area is 103 Å².